The highest BCUT2D eigenvalue weighted by atomic mass is 16.5. The van der Waals surface area contributed by atoms with Gasteiger partial charge in [-0.05, 0) is 38.8 Å². The van der Waals surface area contributed by atoms with Gasteiger partial charge in [-0.3, -0.25) is 4.79 Å². The monoisotopic (exact) mass is 332 g/mol. The van der Waals surface area contributed by atoms with E-state index in [0.717, 1.165) is 6.42 Å². The molecule has 0 fully saturated rings. The van der Waals surface area contributed by atoms with E-state index in [2.05, 4.69) is 19.2 Å². The summed E-state index contributed by atoms with van der Waals surface area (Å²) < 4.78 is 10.5. The molecule has 1 heterocycles. The molecule has 0 spiro atoms. The first kappa shape index (κ1) is 20.0. The lowest BCUT2D eigenvalue weighted by Gasteiger charge is -2.35. The Bertz CT molecular complexity index is 566. The molecule has 0 amide bonds. The van der Waals surface area contributed by atoms with Gasteiger partial charge in [0.05, 0.1) is 12.2 Å². The summed E-state index contributed by atoms with van der Waals surface area (Å²) >= 11 is 0. The predicted octanol–water partition coefficient (Wildman–Crippen LogP) is 4.60. The molecule has 0 aliphatic heterocycles. The van der Waals surface area contributed by atoms with Gasteiger partial charge >= 0.3 is 5.97 Å². The Hall–Kier alpha value is -2.07. The van der Waals surface area contributed by atoms with Crippen LogP contribution >= 0.6 is 0 Å². The second-order valence-corrected chi connectivity index (χ2v) is 6.39. The van der Waals surface area contributed by atoms with Crippen molar-refractivity contribution in [2.24, 2.45) is 11.3 Å². The summed E-state index contributed by atoms with van der Waals surface area (Å²) in [5.41, 5.74) is 0.565. The zero-order valence-corrected chi connectivity index (χ0v) is 14.8. The van der Waals surface area contributed by atoms with Gasteiger partial charge in [-0.1, -0.05) is 37.3 Å². The number of rotatable bonds is 10. The van der Waals surface area contributed by atoms with Crippen molar-refractivity contribution in [3.63, 3.8) is 0 Å². The Kier molecular flexibility index (Phi) is 7.72. The minimum absolute atomic E-state index is 0.0986. The minimum Gasteiger partial charge on any atom is -0.467 e. The standard InChI is InChI=1S/C20H28O4/c1-6-13-24-19(22)17(18(21)16-11-9-14-23-16)20(5,7-2)12-8-10-15(3)4/h6-7,9-11,14,17-18,21H,1-2,8,12-13H2,3-5H3/t17-,18+,20-/m0/s1. The molecule has 0 aromatic carbocycles. The van der Waals surface area contributed by atoms with Crippen LogP contribution < -0.4 is 0 Å². The Balaban J connectivity index is 3.12. The molecule has 1 aromatic heterocycles. The van der Waals surface area contributed by atoms with Crippen molar-refractivity contribution in [1.29, 1.82) is 0 Å². The summed E-state index contributed by atoms with van der Waals surface area (Å²) in [5, 5.41) is 10.7. The highest BCUT2D eigenvalue weighted by Gasteiger charge is 2.44. The van der Waals surface area contributed by atoms with E-state index in [0.29, 0.717) is 12.2 Å². The average molecular weight is 332 g/mol. The van der Waals surface area contributed by atoms with Crippen molar-refractivity contribution in [2.75, 3.05) is 6.61 Å². The van der Waals surface area contributed by atoms with Crippen molar-refractivity contribution in [2.45, 2.75) is 39.7 Å². The Morgan fingerprint density at radius 1 is 1.46 bits per heavy atom. The molecular formula is C20H28O4. The largest absolute Gasteiger partial charge is 0.467 e. The van der Waals surface area contributed by atoms with E-state index in [1.807, 2.05) is 20.8 Å². The van der Waals surface area contributed by atoms with E-state index in [-0.39, 0.29) is 6.61 Å². The van der Waals surface area contributed by atoms with Crippen LogP contribution in [-0.2, 0) is 9.53 Å². The van der Waals surface area contributed by atoms with Crippen LogP contribution in [0.5, 0.6) is 0 Å². The van der Waals surface area contributed by atoms with Crippen molar-refractivity contribution < 1.29 is 19.1 Å². The summed E-state index contributed by atoms with van der Waals surface area (Å²) in [6, 6.07) is 3.33. The van der Waals surface area contributed by atoms with E-state index in [9.17, 15) is 9.90 Å². The minimum atomic E-state index is -1.10. The zero-order valence-electron chi connectivity index (χ0n) is 14.8. The molecule has 132 valence electrons. The van der Waals surface area contributed by atoms with Gasteiger partial charge in [-0.2, -0.15) is 0 Å². The van der Waals surface area contributed by atoms with Gasteiger partial charge in [0.1, 0.15) is 18.5 Å². The van der Waals surface area contributed by atoms with E-state index in [1.54, 1.807) is 18.2 Å². The Labute approximate surface area is 144 Å². The molecule has 0 radical (unpaired) electrons. The Morgan fingerprint density at radius 3 is 2.67 bits per heavy atom. The first-order chi connectivity index (χ1) is 11.4. The SMILES string of the molecule is C=CCOC(=O)[C@H]([C@H](O)c1ccco1)[C@@](C)(C=C)CCC=C(C)C. The zero-order chi connectivity index (χ0) is 18.2. The maximum atomic E-state index is 12.6. The second-order valence-electron chi connectivity index (χ2n) is 6.39. The van der Waals surface area contributed by atoms with Gasteiger partial charge in [-0.25, -0.2) is 0 Å². The van der Waals surface area contributed by atoms with Crippen LogP contribution in [-0.4, -0.2) is 17.7 Å². The van der Waals surface area contributed by atoms with Gasteiger partial charge < -0.3 is 14.3 Å². The van der Waals surface area contributed by atoms with Crippen LogP contribution in [0.2, 0.25) is 0 Å². The number of hydrogen-bond donors (Lipinski definition) is 1. The van der Waals surface area contributed by atoms with Crippen molar-refractivity contribution in [3.8, 4) is 0 Å². The number of aliphatic hydroxyl groups is 1. The van der Waals surface area contributed by atoms with Crippen LogP contribution in [0.4, 0.5) is 0 Å². The van der Waals surface area contributed by atoms with Crippen LogP contribution in [0.15, 0.2) is 59.8 Å². The number of carbonyl (C=O) groups is 1. The highest BCUT2D eigenvalue weighted by Crippen LogP contribution is 2.42. The fraction of sp³-hybridized carbons (Fsp3) is 0.450. The number of aliphatic hydroxyl groups excluding tert-OH is 1. The maximum absolute atomic E-state index is 12.6. The quantitative estimate of drug-likeness (QED) is 0.502. The summed E-state index contributed by atoms with van der Waals surface area (Å²) in [5.74, 6) is -0.962. The third-order valence-corrected chi connectivity index (χ3v) is 4.16. The van der Waals surface area contributed by atoms with Gasteiger partial charge in [0.2, 0.25) is 0 Å². The molecule has 24 heavy (non-hydrogen) atoms. The maximum Gasteiger partial charge on any atom is 0.313 e. The first-order valence-corrected chi connectivity index (χ1v) is 8.11. The molecule has 4 nitrogen and oxygen atoms in total. The lowest BCUT2D eigenvalue weighted by Crippen LogP contribution is -2.38. The third-order valence-electron chi connectivity index (χ3n) is 4.16. The van der Waals surface area contributed by atoms with Gasteiger partial charge in [0, 0.05) is 5.41 Å². The number of ether oxygens (including phenoxy) is 1. The number of allylic oxidation sites excluding steroid dienone is 3. The molecule has 0 aliphatic rings. The summed E-state index contributed by atoms with van der Waals surface area (Å²) in [7, 11) is 0. The topological polar surface area (TPSA) is 59.7 Å². The van der Waals surface area contributed by atoms with Crippen LogP contribution in [0, 0.1) is 11.3 Å². The molecule has 0 unspecified atom stereocenters. The van der Waals surface area contributed by atoms with E-state index < -0.39 is 23.4 Å². The number of hydrogen-bond acceptors (Lipinski definition) is 4. The molecule has 0 bridgehead atoms. The molecule has 0 saturated carbocycles. The van der Waals surface area contributed by atoms with E-state index in [1.165, 1.54) is 17.9 Å². The van der Waals surface area contributed by atoms with E-state index in [4.69, 9.17) is 9.15 Å². The van der Waals surface area contributed by atoms with Crippen molar-refractivity contribution >= 4 is 5.97 Å². The molecular weight excluding hydrogens is 304 g/mol. The summed E-state index contributed by atoms with van der Waals surface area (Å²) in [6.45, 7) is 13.5. The molecule has 0 aliphatic carbocycles. The second kappa shape index (κ2) is 9.28. The van der Waals surface area contributed by atoms with Crippen molar-refractivity contribution in [1.82, 2.24) is 0 Å². The normalized spacial score (nSPS) is 15.7. The van der Waals surface area contributed by atoms with Crippen LogP contribution in [0.1, 0.15) is 45.5 Å². The lowest BCUT2D eigenvalue weighted by atomic mass is 9.70. The lowest BCUT2D eigenvalue weighted by molar-refractivity contribution is -0.157. The predicted molar refractivity (Wildman–Crippen MR) is 95.3 cm³/mol. The van der Waals surface area contributed by atoms with Crippen molar-refractivity contribution in [3.05, 3.63) is 61.1 Å². The van der Waals surface area contributed by atoms with Crippen LogP contribution in [0.25, 0.3) is 0 Å². The molecule has 1 rings (SSSR count). The fourth-order valence-electron chi connectivity index (χ4n) is 2.67. The smallest absolute Gasteiger partial charge is 0.313 e. The molecule has 1 aromatic rings. The summed E-state index contributed by atoms with van der Waals surface area (Å²) in [4.78, 5) is 12.6. The average Bonchev–Trinajstić information content (AvgIpc) is 3.07. The molecule has 1 N–H and O–H groups in total. The number of furan rings is 1. The molecule has 3 atom stereocenters. The van der Waals surface area contributed by atoms with Gasteiger partial charge in [-0.15, -0.1) is 6.58 Å². The number of carbonyl (C=O) groups excluding carboxylic acids is 1. The number of esters is 1. The van der Waals surface area contributed by atoms with Gasteiger partial charge in [0.25, 0.3) is 0 Å². The highest BCUT2D eigenvalue weighted by molar-refractivity contribution is 5.75. The molecule has 4 heteroatoms. The Morgan fingerprint density at radius 2 is 2.17 bits per heavy atom. The van der Waals surface area contributed by atoms with Crippen LogP contribution in [0.3, 0.4) is 0 Å². The first-order valence-electron chi connectivity index (χ1n) is 8.11. The fourth-order valence-corrected chi connectivity index (χ4v) is 2.67. The summed E-state index contributed by atoms with van der Waals surface area (Å²) in [6.07, 6.45) is 7.13. The third kappa shape index (κ3) is 5.24. The van der Waals surface area contributed by atoms with Gasteiger partial charge in [0.15, 0.2) is 0 Å². The molecule has 0 saturated heterocycles. The van der Waals surface area contributed by atoms with E-state index >= 15 is 0 Å².